The summed E-state index contributed by atoms with van der Waals surface area (Å²) in [4.78, 5) is 28.6. The fourth-order valence-electron chi connectivity index (χ4n) is 2.99. The van der Waals surface area contributed by atoms with Crippen LogP contribution in [0.25, 0.3) is 0 Å². The molecular formula is C17H17N3O3S. The van der Waals surface area contributed by atoms with Gasteiger partial charge in [-0.05, 0) is 18.9 Å². The van der Waals surface area contributed by atoms with Crippen molar-refractivity contribution < 1.29 is 9.53 Å². The van der Waals surface area contributed by atoms with E-state index in [-0.39, 0.29) is 17.7 Å². The summed E-state index contributed by atoms with van der Waals surface area (Å²) < 4.78 is 6.02. The van der Waals surface area contributed by atoms with Crippen molar-refractivity contribution in [1.29, 1.82) is 5.26 Å². The van der Waals surface area contributed by atoms with Crippen LogP contribution in [-0.2, 0) is 11.3 Å². The Morgan fingerprint density at radius 2 is 2.25 bits per heavy atom. The molecule has 1 aliphatic rings. The van der Waals surface area contributed by atoms with Crippen LogP contribution >= 0.6 is 11.3 Å². The summed E-state index contributed by atoms with van der Waals surface area (Å²) in [6.07, 6.45) is 6.24. The minimum atomic E-state index is -0.579. The fourth-order valence-corrected chi connectivity index (χ4v) is 3.97. The predicted molar refractivity (Wildman–Crippen MR) is 89.2 cm³/mol. The fraction of sp³-hybridized carbons (Fsp3) is 0.412. The van der Waals surface area contributed by atoms with Gasteiger partial charge in [-0.3, -0.25) is 4.79 Å². The molecule has 6 nitrogen and oxygen atoms in total. The molecular weight excluding hydrogens is 326 g/mol. The number of pyridine rings is 1. The Bertz CT molecular complexity index is 857. The number of ether oxygens (including phenoxy) is 1. The first-order valence-corrected chi connectivity index (χ1v) is 8.67. The monoisotopic (exact) mass is 343 g/mol. The average molecular weight is 343 g/mol. The van der Waals surface area contributed by atoms with Crippen molar-refractivity contribution in [3.8, 4) is 6.07 Å². The highest BCUT2D eigenvalue weighted by atomic mass is 32.1. The molecule has 0 saturated heterocycles. The van der Waals surface area contributed by atoms with E-state index in [0.717, 1.165) is 10.7 Å². The number of carbonyl (C=O) groups is 1. The first-order valence-electron chi connectivity index (χ1n) is 7.79. The van der Waals surface area contributed by atoms with Crippen LogP contribution in [0.4, 0.5) is 0 Å². The van der Waals surface area contributed by atoms with Gasteiger partial charge >= 0.3 is 5.97 Å². The molecule has 0 bridgehead atoms. The van der Waals surface area contributed by atoms with E-state index in [1.807, 2.05) is 11.4 Å². The van der Waals surface area contributed by atoms with Crippen LogP contribution in [0.1, 0.15) is 58.2 Å². The highest BCUT2D eigenvalue weighted by molar-refractivity contribution is 7.09. The summed E-state index contributed by atoms with van der Waals surface area (Å²) in [6.45, 7) is 0.238. The van der Waals surface area contributed by atoms with Crippen LogP contribution < -0.4 is 5.56 Å². The van der Waals surface area contributed by atoms with Gasteiger partial charge in [0.05, 0.1) is 29.9 Å². The summed E-state index contributed by atoms with van der Waals surface area (Å²) in [5, 5.41) is 12.2. The Labute approximate surface area is 143 Å². The first kappa shape index (κ1) is 16.4. The number of carbonyl (C=O) groups excluding carboxylic acids is 1. The molecule has 7 heteroatoms. The first-order chi connectivity index (χ1) is 11.6. The summed E-state index contributed by atoms with van der Waals surface area (Å²) in [5.41, 5.74) is 0.444. The second-order valence-corrected chi connectivity index (χ2v) is 6.73. The molecule has 3 rings (SSSR count). The van der Waals surface area contributed by atoms with Crippen molar-refractivity contribution in [3.05, 3.63) is 49.8 Å². The second kappa shape index (κ2) is 6.97. The maximum absolute atomic E-state index is 12.3. The van der Waals surface area contributed by atoms with Gasteiger partial charge in [0, 0.05) is 17.5 Å². The van der Waals surface area contributed by atoms with Gasteiger partial charge in [-0.25, -0.2) is 9.78 Å². The lowest BCUT2D eigenvalue weighted by molar-refractivity contribution is 0.0599. The summed E-state index contributed by atoms with van der Waals surface area (Å²) in [6, 6.07) is 3.09. The maximum Gasteiger partial charge on any atom is 0.339 e. The highest BCUT2D eigenvalue weighted by Crippen LogP contribution is 2.35. The van der Waals surface area contributed by atoms with Gasteiger partial charge in [-0.15, -0.1) is 11.3 Å². The topological polar surface area (TPSA) is 85.0 Å². The van der Waals surface area contributed by atoms with Crippen LogP contribution in [0.3, 0.4) is 0 Å². The minimum absolute atomic E-state index is 0.0795. The van der Waals surface area contributed by atoms with Gasteiger partial charge in [0.15, 0.2) is 0 Å². The van der Waals surface area contributed by atoms with Crippen LogP contribution in [-0.4, -0.2) is 22.6 Å². The van der Waals surface area contributed by atoms with E-state index in [1.54, 1.807) is 11.3 Å². The van der Waals surface area contributed by atoms with Crippen molar-refractivity contribution in [3.63, 3.8) is 0 Å². The van der Waals surface area contributed by atoms with Gasteiger partial charge in [0.1, 0.15) is 11.6 Å². The molecule has 0 unspecified atom stereocenters. The number of nitriles is 1. The molecule has 0 aromatic carbocycles. The lowest BCUT2D eigenvalue weighted by Gasteiger charge is -2.07. The van der Waals surface area contributed by atoms with Gasteiger partial charge in [-0.1, -0.05) is 12.8 Å². The van der Waals surface area contributed by atoms with Crippen LogP contribution in [0.2, 0.25) is 0 Å². The number of hydrogen-bond donors (Lipinski definition) is 0. The zero-order valence-electron chi connectivity index (χ0n) is 13.3. The zero-order chi connectivity index (χ0) is 17.1. The van der Waals surface area contributed by atoms with Gasteiger partial charge in [0.25, 0.3) is 5.56 Å². The molecule has 1 fully saturated rings. The molecule has 0 N–H and O–H groups in total. The van der Waals surface area contributed by atoms with E-state index in [2.05, 4.69) is 9.72 Å². The quantitative estimate of drug-likeness (QED) is 0.797. The van der Waals surface area contributed by atoms with Gasteiger partial charge in [-0.2, -0.15) is 5.26 Å². The molecule has 1 saturated carbocycles. The predicted octanol–water partition coefficient (Wildman–Crippen LogP) is 2.67. The third-order valence-electron chi connectivity index (χ3n) is 4.23. The molecule has 0 atom stereocenters. The van der Waals surface area contributed by atoms with Crippen molar-refractivity contribution in [2.75, 3.05) is 7.11 Å². The van der Waals surface area contributed by atoms with Crippen molar-refractivity contribution in [1.82, 2.24) is 9.55 Å². The van der Waals surface area contributed by atoms with E-state index in [9.17, 15) is 9.59 Å². The number of nitrogens with zero attached hydrogens (tertiary/aromatic N) is 3. The molecule has 0 aliphatic heterocycles. The molecule has 1 aliphatic carbocycles. The summed E-state index contributed by atoms with van der Waals surface area (Å²) >= 11 is 1.61. The van der Waals surface area contributed by atoms with Crippen LogP contribution in [0, 0.1) is 11.3 Å². The largest absolute Gasteiger partial charge is 0.465 e. The van der Waals surface area contributed by atoms with Crippen molar-refractivity contribution >= 4 is 17.3 Å². The van der Waals surface area contributed by atoms with E-state index in [0.29, 0.717) is 5.92 Å². The molecule has 2 aromatic heterocycles. The number of thiazole rings is 1. The average Bonchev–Trinajstić information content (AvgIpc) is 3.27. The Hall–Kier alpha value is -2.46. The molecule has 2 aromatic rings. The standard InChI is InChI=1S/C17H17N3O3S/c1-23-17(22)13-6-12(7-18)16(21)20(8-13)9-14-10-24-15(19-14)11-4-2-3-5-11/h6,8,10-11H,2-5,9H2,1H3. The van der Waals surface area contributed by atoms with E-state index >= 15 is 0 Å². The lowest BCUT2D eigenvalue weighted by atomic mass is 10.1. The Kier molecular flexibility index (Phi) is 4.76. The molecule has 24 heavy (non-hydrogen) atoms. The van der Waals surface area contributed by atoms with Crippen molar-refractivity contribution in [2.24, 2.45) is 0 Å². The number of hydrogen-bond acceptors (Lipinski definition) is 6. The van der Waals surface area contributed by atoms with E-state index in [1.165, 1.54) is 49.6 Å². The smallest absolute Gasteiger partial charge is 0.339 e. The molecule has 0 spiro atoms. The van der Waals surface area contributed by atoms with Crippen molar-refractivity contribution in [2.45, 2.75) is 38.1 Å². The van der Waals surface area contributed by atoms with E-state index < -0.39 is 11.5 Å². The summed E-state index contributed by atoms with van der Waals surface area (Å²) in [5.74, 6) is -0.0540. The maximum atomic E-state index is 12.3. The highest BCUT2D eigenvalue weighted by Gasteiger charge is 2.20. The minimum Gasteiger partial charge on any atom is -0.465 e. The molecule has 2 heterocycles. The Morgan fingerprint density at radius 3 is 2.92 bits per heavy atom. The van der Waals surface area contributed by atoms with Gasteiger partial charge in [0.2, 0.25) is 0 Å². The van der Waals surface area contributed by atoms with Crippen LogP contribution in [0.5, 0.6) is 0 Å². The zero-order valence-corrected chi connectivity index (χ0v) is 14.1. The number of methoxy groups -OCH3 is 1. The summed E-state index contributed by atoms with van der Waals surface area (Å²) in [7, 11) is 1.26. The third kappa shape index (κ3) is 3.24. The normalized spacial score (nSPS) is 14.5. The van der Waals surface area contributed by atoms with E-state index in [4.69, 9.17) is 5.26 Å². The number of aromatic nitrogens is 2. The SMILES string of the molecule is COC(=O)c1cc(C#N)c(=O)n(Cc2csc(C3CCCC3)n2)c1. The number of esters is 1. The molecule has 0 amide bonds. The number of rotatable bonds is 4. The lowest BCUT2D eigenvalue weighted by Crippen LogP contribution is -2.24. The molecule has 124 valence electrons. The third-order valence-corrected chi connectivity index (χ3v) is 5.29. The Balaban J connectivity index is 1.90. The Morgan fingerprint density at radius 1 is 1.50 bits per heavy atom. The van der Waals surface area contributed by atoms with Crippen LogP contribution in [0.15, 0.2) is 22.4 Å². The second-order valence-electron chi connectivity index (χ2n) is 5.84. The van der Waals surface area contributed by atoms with Gasteiger partial charge < -0.3 is 9.30 Å². The molecule has 0 radical (unpaired) electrons.